The van der Waals surface area contributed by atoms with Crippen molar-refractivity contribution in [1.82, 2.24) is 0 Å². The van der Waals surface area contributed by atoms with E-state index >= 15 is 0 Å². The highest BCUT2D eigenvalue weighted by Crippen LogP contribution is 2.43. The molecule has 0 bridgehead atoms. The van der Waals surface area contributed by atoms with E-state index in [-0.39, 0.29) is 36.2 Å². The molecule has 0 radical (unpaired) electrons. The van der Waals surface area contributed by atoms with Gasteiger partial charge in [0.05, 0.1) is 27.2 Å². The summed E-state index contributed by atoms with van der Waals surface area (Å²) in [5, 5.41) is 46.7. The van der Waals surface area contributed by atoms with E-state index in [2.05, 4.69) is 0 Å². The van der Waals surface area contributed by atoms with Crippen molar-refractivity contribution in [1.29, 1.82) is 0 Å². The Balaban J connectivity index is 0.00000125. The van der Waals surface area contributed by atoms with Crippen LogP contribution in [0.3, 0.4) is 0 Å². The lowest BCUT2D eigenvalue weighted by atomic mass is 10.1. The van der Waals surface area contributed by atoms with Crippen LogP contribution in [0.2, 0.25) is 0 Å². The predicted octanol–water partition coefficient (Wildman–Crippen LogP) is 7.35. The minimum Gasteiger partial charge on any atom is -0.508 e. The van der Waals surface area contributed by atoms with Gasteiger partial charge in [-0.25, -0.2) is 4.57 Å². The van der Waals surface area contributed by atoms with Gasteiger partial charge in [0.15, 0.2) is 23.0 Å². The van der Waals surface area contributed by atoms with Gasteiger partial charge in [-0.15, -0.1) is 0 Å². The third-order valence-corrected chi connectivity index (χ3v) is 7.49. The number of phosphoric acid groups is 1. The SMILES string of the molecule is CC.CC.C[N+](C)(CCCc1ccc(O)c(O)c1)CCOP(=O)(O)OCCCc1ccc(O)c(O)c1.Cc1ccc(O)c(C)c1. The van der Waals surface area contributed by atoms with Gasteiger partial charge in [0.1, 0.15) is 18.9 Å². The van der Waals surface area contributed by atoms with Crippen LogP contribution in [-0.4, -0.2) is 75.3 Å². The number of phenols is 5. The molecular weight excluding hydrogens is 597 g/mol. The van der Waals surface area contributed by atoms with Crippen LogP contribution >= 0.6 is 7.82 Å². The molecule has 10 nitrogen and oxygen atoms in total. The lowest BCUT2D eigenvalue weighted by molar-refractivity contribution is -0.890. The second-order valence-electron chi connectivity index (χ2n) is 10.7. The maximum absolute atomic E-state index is 12.1. The summed E-state index contributed by atoms with van der Waals surface area (Å²) in [6, 6.07) is 14.8. The van der Waals surface area contributed by atoms with Crippen molar-refractivity contribution in [2.45, 2.75) is 67.2 Å². The van der Waals surface area contributed by atoms with E-state index in [0.717, 1.165) is 36.1 Å². The molecule has 3 aromatic carbocycles. The highest BCUT2D eigenvalue weighted by molar-refractivity contribution is 7.47. The van der Waals surface area contributed by atoms with Gasteiger partial charge < -0.3 is 34.9 Å². The summed E-state index contributed by atoms with van der Waals surface area (Å²) in [5.74, 6) is -0.303. The standard InChI is InChI=1S/C22H32NO8P.C8H10O.2C2H6/c1-23(2,11-3-5-17-7-9-19(24)21(26)15-17)12-14-31-32(28,29)30-13-4-6-18-8-10-20(25)22(27)16-18;1-6-3-4-8(9)7(2)5-6;2*1-2/h7-10,15-16H,3-6,11-14H2,1-2H3,(H4-,24,25,26,27,28,29);3-5,9H,1-2H3;2*1-2H3/p+1. The Morgan fingerprint density at radius 1 is 0.622 bits per heavy atom. The Morgan fingerprint density at radius 3 is 1.56 bits per heavy atom. The zero-order valence-corrected chi connectivity index (χ0v) is 29.0. The average molecular weight is 653 g/mol. The van der Waals surface area contributed by atoms with Crippen LogP contribution in [-0.2, 0) is 26.5 Å². The molecule has 6 N–H and O–H groups in total. The Hall–Kier alpha value is -3.27. The molecule has 0 heterocycles. The van der Waals surface area contributed by atoms with Crippen LogP contribution < -0.4 is 0 Å². The number of phosphoric ester groups is 1. The van der Waals surface area contributed by atoms with Gasteiger partial charge >= 0.3 is 7.82 Å². The molecule has 0 saturated carbocycles. The minimum absolute atomic E-state index is 0.0210. The van der Waals surface area contributed by atoms with Crippen LogP contribution in [0.5, 0.6) is 28.7 Å². The maximum atomic E-state index is 12.1. The summed E-state index contributed by atoms with van der Waals surface area (Å²) in [5.41, 5.74) is 3.83. The first kappa shape index (κ1) is 41.7. The van der Waals surface area contributed by atoms with Crippen LogP contribution in [0.1, 0.15) is 62.8 Å². The number of nitrogens with zero attached hydrogens (tertiary/aromatic N) is 1. The summed E-state index contributed by atoms with van der Waals surface area (Å²) >= 11 is 0. The maximum Gasteiger partial charge on any atom is 0.472 e. The van der Waals surface area contributed by atoms with E-state index < -0.39 is 7.82 Å². The molecule has 0 aliphatic carbocycles. The number of benzene rings is 3. The smallest absolute Gasteiger partial charge is 0.472 e. The molecule has 0 amide bonds. The molecule has 3 rings (SSSR count). The van der Waals surface area contributed by atoms with Gasteiger partial charge in [-0.3, -0.25) is 9.05 Å². The van der Waals surface area contributed by atoms with E-state index in [1.54, 1.807) is 24.3 Å². The zero-order valence-electron chi connectivity index (χ0n) is 28.2. The van der Waals surface area contributed by atoms with E-state index in [0.29, 0.717) is 29.6 Å². The van der Waals surface area contributed by atoms with Crippen molar-refractivity contribution in [3.63, 3.8) is 0 Å². The first-order chi connectivity index (χ1) is 21.2. The van der Waals surface area contributed by atoms with Crippen LogP contribution in [0.15, 0.2) is 54.6 Å². The van der Waals surface area contributed by atoms with Gasteiger partial charge in [0.2, 0.25) is 0 Å². The molecule has 1 atom stereocenters. The van der Waals surface area contributed by atoms with Crippen molar-refractivity contribution in [2.24, 2.45) is 0 Å². The number of rotatable bonds is 13. The molecule has 45 heavy (non-hydrogen) atoms. The predicted molar refractivity (Wildman–Crippen MR) is 180 cm³/mol. The zero-order chi connectivity index (χ0) is 34.6. The highest BCUT2D eigenvalue weighted by Gasteiger charge is 2.23. The van der Waals surface area contributed by atoms with E-state index in [9.17, 15) is 29.9 Å². The summed E-state index contributed by atoms with van der Waals surface area (Å²) in [7, 11) is -0.164. The number of likely N-dealkylation sites (N-methyl/N-ethyl adjacent to an activating group) is 1. The first-order valence-corrected chi connectivity index (χ1v) is 16.9. The number of hydrogen-bond acceptors (Lipinski definition) is 8. The first-order valence-electron chi connectivity index (χ1n) is 15.4. The van der Waals surface area contributed by atoms with Crippen molar-refractivity contribution in [3.05, 3.63) is 76.9 Å². The molecular formula is C34H55NO9P+. The van der Waals surface area contributed by atoms with E-state index in [1.165, 1.54) is 23.8 Å². The highest BCUT2D eigenvalue weighted by atomic mass is 31.2. The number of aromatic hydroxyl groups is 5. The van der Waals surface area contributed by atoms with Gasteiger partial charge in [-0.05, 0) is 80.1 Å². The van der Waals surface area contributed by atoms with Crippen molar-refractivity contribution in [2.75, 3.05) is 40.4 Å². The van der Waals surface area contributed by atoms with Crippen molar-refractivity contribution in [3.8, 4) is 28.7 Å². The number of quaternary nitrogens is 1. The van der Waals surface area contributed by atoms with Crippen molar-refractivity contribution < 1.29 is 48.5 Å². The molecule has 0 spiro atoms. The second-order valence-corrected chi connectivity index (χ2v) is 12.1. The second kappa shape index (κ2) is 21.5. The summed E-state index contributed by atoms with van der Waals surface area (Å²) < 4.78 is 22.7. The summed E-state index contributed by atoms with van der Waals surface area (Å²) in [6.45, 7) is 13.3. The molecule has 0 saturated heterocycles. The number of phenolic OH excluding ortho intramolecular Hbond substituents is 5. The average Bonchev–Trinajstić information content (AvgIpc) is 2.99. The lowest BCUT2D eigenvalue weighted by Crippen LogP contribution is -2.43. The third-order valence-electron chi connectivity index (χ3n) is 6.48. The van der Waals surface area contributed by atoms with Crippen LogP contribution in [0.4, 0.5) is 0 Å². The van der Waals surface area contributed by atoms with Gasteiger partial charge in [0, 0.05) is 6.42 Å². The minimum atomic E-state index is -4.15. The Kier molecular flexibility index (Phi) is 19.9. The monoisotopic (exact) mass is 652 g/mol. The Labute approximate surface area is 269 Å². The van der Waals surface area contributed by atoms with Crippen LogP contribution in [0, 0.1) is 13.8 Å². The lowest BCUT2D eigenvalue weighted by Gasteiger charge is -2.30. The number of aryl methyl sites for hydroxylation is 4. The molecule has 3 aromatic rings. The molecule has 11 heteroatoms. The Bertz CT molecular complexity index is 1310. The third kappa shape index (κ3) is 17.7. The topological polar surface area (TPSA) is 157 Å². The fourth-order valence-electron chi connectivity index (χ4n) is 3.97. The van der Waals surface area contributed by atoms with Crippen LogP contribution in [0.25, 0.3) is 0 Å². The number of hydrogen-bond donors (Lipinski definition) is 6. The molecule has 254 valence electrons. The molecule has 1 unspecified atom stereocenters. The quantitative estimate of drug-likeness (QED) is 0.0481. The summed E-state index contributed by atoms with van der Waals surface area (Å²) in [4.78, 5) is 9.85. The largest absolute Gasteiger partial charge is 0.508 e. The summed E-state index contributed by atoms with van der Waals surface area (Å²) in [6.07, 6.45) is 2.52. The van der Waals surface area contributed by atoms with Gasteiger partial charge in [0.25, 0.3) is 0 Å². The molecule has 0 fully saturated rings. The van der Waals surface area contributed by atoms with E-state index in [1.807, 2.05) is 67.8 Å². The van der Waals surface area contributed by atoms with Crippen molar-refractivity contribution >= 4 is 7.82 Å². The normalized spacial score (nSPS) is 11.9. The fourth-order valence-corrected chi connectivity index (χ4v) is 4.72. The molecule has 0 aliphatic rings. The fraction of sp³-hybridized carbons (Fsp3) is 0.471. The molecule has 0 aliphatic heterocycles. The Morgan fingerprint density at radius 2 is 1.09 bits per heavy atom. The van der Waals surface area contributed by atoms with E-state index in [4.69, 9.17) is 14.2 Å². The van der Waals surface area contributed by atoms with Gasteiger partial charge in [-0.1, -0.05) is 57.5 Å². The molecule has 0 aromatic heterocycles. The van der Waals surface area contributed by atoms with Gasteiger partial charge in [-0.2, -0.15) is 0 Å².